The topological polar surface area (TPSA) is 71.9 Å². The summed E-state index contributed by atoms with van der Waals surface area (Å²) in [7, 11) is -1.96. The van der Waals surface area contributed by atoms with Gasteiger partial charge in [0.15, 0.2) is 0 Å². The van der Waals surface area contributed by atoms with Crippen molar-refractivity contribution in [1.29, 1.82) is 0 Å². The predicted octanol–water partition coefficient (Wildman–Crippen LogP) is 1.76. The number of fused-ring (bicyclic) bond motifs is 1. The number of piperazine rings is 1. The number of nitrogens with zero attached hydrogens (tertiary/aromatic N) is 3. The Hall–Kier alpha value is -1.68. The standard InChI is InChI=1S/C19H25N3O4S2/c1-26-15-6-8-16(9-7-15)28(24,25)21-12-10-20(11-13-21)14-22-17-4-2-3-5-18(17)27-19(22)23/h6-9H,2-5,10-14H2,1H3. The van der Waals surface area contributed by atoms with Crippen LogP contribution in [0.5, 0.6) is 5.75 Å². The first-order chi connectivity index (χ1) is 13.5. The van der Waals surface area contributed by atoms with E-state index in [9.17, 15) is 13.2 Å². The van der Waals surface area contributed by atoms with E-state index in [2.05, 4.69) is 4.90 Å². The quantitative estimate of drug-likeness (QED) is 0.733. The second-order valence-corrected chi connectivity index (χ2v) is 10.2. The van der Waals surface area contributed by atoms with Crippen molar-refractivity contribution in [2.24, 2.45) is 0 Å². The van der Waals surface area contributed by atoms with Gasteiger partial charge in [0, 0.05) is 36.8 Å². The molecule has 1 fully saturated rings. The molecule has 1 aromatic heterocycles. The summed E-state index contributed by atoms with van der Waals surface area (Å²) < 4.78 is 34.3. The van der Waals surface area contributed by atoms with Crippen LogP contribution in [0.2, 0.25) is 0 Å². The number of sulfonamides is 1. The third-order valence-corrected chi connectivity index (χ3v) is 8.51. The summed E-state index contributed by atoms with van der Waals surface area (Å²) in [5.74, 6) is 0.633. The third-order valence-electron chi connectivity index (χ3n) is 5.52. The maximum absolute atomic E-state index is 12.9. The summed E-state index contributed by atoms with van der Waals surface area (Å²) in [5, 5.41) is 0. The van der Waals surface area contributed by atoms with Crippen molar-refractivity contribution in [1.82, 2.24) is 13.8 Å². The summed E-state index contributed by atoms with van der Waals surface area (Å²) in [6.45, 7) is 2.64. The number of rotatable bonds is 5. The van der Waals surface area contributed by atoms with E-state index < -0.39 is 10.0 Å². The third kappa shape index (κ3) is 3.76. The average Bonchev–Trinajstić information content (AvgIpc) is 3.04. The maximum Gasteiger partial charge on any atom is 0.308 e. The molecular formula is C19H25N3O4S2. The minimum absolute atomic E-state index is 0.111. The lowest BCUT2D eigenvalue weighted by Gasteiger charge is -2.34. The number of hydrogen-bond acceptors (Lipinski definition) is 6. The molecular weight excluding hydrogens is 398 g/mol. The SMILES string of the molecule is COc1ccc(S(=O)(=O)N2CCN(Cn3c4c(sc3=O)CCCC4)CC2)cc1. The van der Waals surface area contributed by atoms with Gasteiger partial charge in [-0.25, -0.2) is 8.42 Å². The average molecular weight is 424 g/mol. The number of benzene rings is 1. The largest absolute Gasteiger partial charge is 0.497 e. The lowest BCUT2D eigenvalue weighted by atomic mass is 10.0. The highest BCUT2D eigenvalue weighted by molar-refractivity contribution is 7.89. The number of methoxy groups -OCH3 is 1. The fourth-order valence-corrected chi connectivity index (χ4v) is 6.37. The van der Waals surface area contributed by atoms with E-state index in [1.807, 2.05) is 4.57 Å². The molecule has 9 heteroatoms. The molecule has 2 aromatic rings. The van der Waals surface area contributed by atoms with Crippen molar-refractivity contribution in [2.45, 2.75) is 37.2 Å². The van der Waals surface area contributed by atoms with Crippen LogP contribution in [0, 0.1) is 0 Å². The second-order valence-electron chi connectivity index (χ2n) is 7.21. The van der Waals surface area contributed by atoms with Gasteiger partial charge < -0.3 is 4.74 Å². The Labute approximate surface area is 169 Å². The van der Waals surface area contributed by atoms with Crippen LogP contribution in [0.1, 0.15) is 23.4 Å². The molecule has 2 aliphatic rings. The van der Waals surface area contributed by atoms with Crippen LogP contribution < -0.4 is 9.61 Å². The first-order valence-corrected chi connectivity index (χ1v) is 11.8. The zero-order chi connectivity index (χ0) is 19.7. The number of hydrogen-bond donors (Lipinski definition) is 0. The van der Waals surface area contributed by atoms with E-state index in [1.54, 1.807) is 31.4 Å². The Morgan fingerprint density at radius 3 is 2.39 bits per heavy atom. The van der Waals surface area contributed by atoms with Gasteiger partial charge in [-0.1, -0.05) is 11.3 Å². The molecule has 2 heterocycles. The molecule has 0 saturated carbocycles. The molecule has 7 nitrogen and oxygen atoms in total. The van der Waals surface area contributed by atoms with Crippen LogP contribution in [-0.2, 0) is 29.5 Å². The summed E-state index contributed by atoms with van der Waals surface area (Å²) in [6, 6.07) is 6.49. The van der Waals surface area contributed by atoms with Crippen LogP contribution in [0.3, 0.4) is 0 Å². The van der Waals surface area contributed by atoms with E-state index in [-0.39, 0.29) is 9.77 Å². The minimum atomic E-state index is -3.51. The fourth-order valence-electron chi connectivity index (χ4n) is 3.88. The van der Waals surface area contributed by atoms with Crippen molar-refractivity contribution >= 4 is 21.4 Å². The van der Waals surface area contributed by atoms with Gasteiger partial charge in [0.05, 0.1) is 18.7 Å². The lowest BCUT2D eigenvalue weighted by molar-refractivity contribution is 0.149. The molecule has 0 bridgehead atoms. The van der Waals surface area contributed by atoms with Gasteiger partial charge in [-0.2, -0.15) is 4.31 Å². The lowest BCUT2D eigenvalue weighted by Crippen LogP contribution is -2.49. The Bertz CT molecular complexity index is 987. The van der Waals surface area contributed by atoms with Gasteiger partial charge in [0.1, 0.15) is 5.75 Å². The van der Waals surface area contributed by atoms with Crippen molar-refractivity contribution in [3.8, 4) is 5.75 Å². The summed E-state index contributed by atoms with van der Waals surface area (Å²) in [6.07, 6.45) is 4.28. The number of ether oxygens (including phenoxy) is 1. The summed E-state index contributed by atoms with van der Waals surface area (Å²) >= 11 is 1.37. The number of aryl methyl sites for hydroxylation is 1. The molecule has 0 amide bonds. The Morgan fingerprint density at radius 1 is 1.04 bits per heavy atom. The molecule has 152 valence electrons. The Kier molecular flexibility index (Phi) is 5.59. The zero-order valence-corrected chi connectivity index (χ0v) is 17.6. The van der Waals surface area contributed by atoms with Crippen LogP contribution >= 0.6 is 11.3 Å². The fraction of sp³-hybridized carbons (Fsp3) is 0.526. The van der Waals surface area contributed by atoms with Gasteiger partial charge in [0.25, 0.3) is 0 Å². The van der Waals surface area contributed by atoms with E-state index >= 15 is 0 Å². The second kappa shape index (κ2) is 7.98. The number of aromatic nitrogens is 1. The highest BCUT2D eigenvalue weighted by atomic mass is 32.2. The Balaban J connectivity index is 1.42. The number of thiazole rings is 1. The van der Waals surface area contributed by atoms with Gasteiger partial charge in [-0.3, -0.25) is 14.3 Å². The smallest absolute Gasteiger partial charge is 0.308 e. The highest BCUT2D eigenvalue weighted by Crippen LogP contribution is 2.24. The zero-order valence-electron chi connectivity index (χ0n) is 16.0. The van der Waals surface area contributed by atoms with Crippen LogP contribution in [0.25, 0.3) is 0 Å². The summed E-state index contributed by atoms with van der Waals surface area (Å²) in [5.41, 5.74) is 1.19. The maximum atomic E-state index is 12.9. The Morgan fingerprint density at radius 2 is 1.71 bits per heavy atom. The minimum Gasteiger partial charge on any atom is -0.497 e. The van der Waals surface area contributed by atoms with Crippen LogP contribution in [0.4, 0.5) is 0 Å². The predicted molar refractivity (Wildman–Crippen MR) is 109 cm³/mol. The van der Waals surface area contributed by atoms with E-state index in [0.29, 0.717) is 38.6 Å². The van der Waals surface area contributed by atoms with E-state index in [1.165, 1.54) is 26.2 Å². The van der Waals surface area contributed by atoms with Gasteiger partial charge >= 0.3 is 4.87 Å². The molecule has 28 heavy (non-hydrogen) atoms. The molecule has 0 spiro atoms. The van der Waals surface area contributed by atoms with Crippen molar-refractivity contribution in [3.05, 3.63) is 44.5 Å². The monoisotopic (exact) mass is 423 g/mol. The summed E-state index contributed by atoms with van der Waals surface area (Å²) in [4.78, 5) is 16.2. The van der Waals surface area contributed by atoms with Crippen molar-refractivity contribution in [3.63, 3.8) is 0 Å². The molecule has 0 N–H and O–H groups in total. The van der Waals surface area contributed by atoms with Gasteiger partial charge in [-0.15, -0.1) is 0 Å². The molecule has 4 rings (SSSR count). The van der Waals surface area contributed by atoms with E-state index in [4.69, 9.17) is 4.74 Å². The first kappa shape index (κ1) is 19.6. The molecule has 0 unspecified atom stereocenters. The van der Waals surface area contributed by atoms with Crippen molar-refractivity contribution in [2.75, 3.05) is 33.3 Å². The first-order valence-electron chi connectivity index (χ1n) is 9.57. The normalized spacial score (nSPS) is 18.8. The van der Waals surface area contributed by atoms with Crippen LogP contribution in [-0.4, -0.2) is 55.5 Å². The van der Waals surface area contributed by atoms with Gasteiger partial charge in [0.2, 0.25) is 10.0 Å². The molecule has 1 saturated heterocycles. The van der Waals surface area contributed by atoms with Crippen LogP contribution in [0.15, 0.2) is 34.0 Å². The molecule has 1 aromatic carbocycles. The van der Waals surface area contributed by atoms with E-state index in [0.717, 1.165) is 25.7 Å². The highest BCUT2D eigenvalue weighted by Gasteiger charge is 2.29. The van der Waals surface area contributed by atoms with Gasteiger partial charge in [-0.05, 0) is 49.9 Å². The molecule has 1 aliphatic carbocycles. The molecule has 0 radical (unpaired) electrons. The van der Waals surface area contributed by atoms with Crippen molar-refractivity contribution < 1.29 is 13.2 Å². The molecule has 1 aliphatic heterocycles. The molecule has 0 atom stereocenters.